The van der Waals surface area contributed by atoms with Gasteiger partial charge in [0.1, 0.15) is 5.58 Å². The van der Waals surface area contributed by atoms with Crippen molar-refractivity contribution < 1.29 is 4.42 Å². The first-order valence-electron chi connectivity index (χ1n) is 18.7. The number of hydrogen-bond acceptors (Lipinski definition) is 3. The van der Waals surface area contributed by atoms with E-state index in [9.17, 15) is 0 Å². The van der Waals surface area contributed by atoms with Gasteiger partial charge in [0, 0.05) is 42.0 Å². The molecule has 0 atom stereocenters. The number of anilines is 3. The molecule has 0 aliphatic heterocycles. The summed E-state index contributed by atoms with van der Waals surface area (Å²) in [5, 5.41) is 7.20. The second kappa shape index (κ2) is 12.9. The zero-order valence-electron chi connectivity index (χ0n) is 29.8. The second-order valence-corrected chi connectivity index (χ2v) is 15.1. The maximum Gasteiger partial charge on any atom is 0.160 e. The van der Waals surface area contributed by atoms with Crippen molar-refractivity contribution in [3.8, 4) is 33.4 Å². The van der Waals surface area contributed by atoms with Gasteiger partial charge in [-0.25, -0.2) is 0 Å². The Labute approximate surface area is 322 Å². The SMILES string of the molecule is c1ccc(-c2ccc(N(c3ccc(-c4cccc5sc6ccccc6c45)cc3)c3ccc(-c4ccccc4)c4c3oc3ccccc34)c3ccccc23)cc1. The van der Waals surface area contributed by atoms with Gasteiger partial charge < -0.3 is 9.32 Å². The van der Waals surface area contributed by atoms with Crippen LogP contribution in [-0.4, -0.2) is 0 Å². The molecule has 0 radical (unpaired) electrons. The quantitative estimate of drug-likeness (QED) is 0.170. The van der Waals surface area contributed by atoms with E-state index in [0.29, 0.717) is 0 Å². The summed E-state index contributed by atoms with van der Waals surface area (Å²) < 4.78 is 9.53. The highest BCUT2D eigenvalue weighted by Crippen LogP contribution is 2.49. The minimum absolute atomic E-state index is 0.859. The minimum Gasteiger partial charge on any atom is -0.454 e. The van der Waals surface area contributed by atoms with Crippen molar-refractivity contribution >= 4 is 81.3 Å². The lowest BCUT2D eigenvalue weighted by atomic mass is 9.95. The maximum atomic E-state index is 6.91. The summed E-state index contributed by atoms with van der Waals surface area (Å²) in [6.45, 7) is 0. The van der Waals surface area contributed by atoms with Crippen molar-refractivity contribution in [3.63, 3.8) is 0 Å². The van der Waals surface area contributed by atoms with Crippen LogP contribution in [0.3, 0.4) is 0 Å². The molecule has 0 fully saturated rings. The van der Waals surface area contributed by atoms with Gasteiger partial charge in [-0.05, 0) is 81.2 Å². The van der Waals surface area contributed by atoms with Gasteiger partial charge in [-0.3, -0.25) is 0 Å². The fraction of sp³-hybridized carbons (Fsp3) is 0. The molecule has 9 aromatic carbocycles. The summed E-state index contributed by atoms with van der Waals surface area (Å²) in [7, 11) is 0. The van der Waals surface area contributed by atoms with Crippen molar-refractivity contribution in [2.75, 3.05) is 4.90 Å². The van der Waals surface area contributed by atoms with Crippen LogP contribution in [0.4, 0.5) is 17.1 Å². The molecule has 55 heavy (non-hydrogen) atoms. The van der Waals surface area contributed by atoms with Gasteiger partial charge in [0.25, 0.3) is 0 Å². The van der Waals surface area contributed by atoms with E-state index in [1.807, 2.05) is 11.3 Å². The van der Waals surface area contributed by atoms with Crippen LogP contribution in [0.25, 0.3) is 86.3 Å². The van der Waals surface area contributed by atoms with E-state index in [1.54, 1.807) is 0 Å². The molecule has 2 nitrogen and oxygen atoms in total. The number of fused-ring (bicyclic) bond motifs is 7. The lowest BCUT2D eigenvalue weighted by Gasteiger charge is -2.28. The predicted octanol–water partition coefficient (Wildman–Crippen LogP) is 15.6. The molecule has 0 spiro atoms. The molecule has 0 saturated carbocycles. The molecule has 0 aliphatic rings. The summed E-state index contributed by atoms with van der Waals surface area (Å²) >= 11 is 1.86. The Kier molecular flexibility index (Phi) is 7.39. The van der Waals surface area contributed by atoms with Gasteiger partial charge in [0.2, 0.25) is 0 Å². The highest BCUT2D eigenvalue weighted by atomic mass is 32.1. The number of nitrogens with zero attached hydrogens (tertiary/aromatic N) is 1. The highest BCUT2D eigenvalue weighted by Gasteiger charge is 2.24. The van der Waals surface area contributed by atoms with Crippen LogP contribution in [0.15, 0.2) is 205 Å². The average molecular weight is 720 g/mol. The molecule has 0 amide bonds. The summed E-state index contributed by atoms with van der Waals surface area (Å²) in [6.07, 6.45) is 0. The summed E-state index contributed by atoms with van der Waals surface area (Å²) in [5.41, 5.74) is 12.0. The number of thiophene rings is 1. The Hall–Kier alpha value is -6.94. The molecule has 2 aromatic heterocycles. The molecule has 3 heteroatoms. The van der Waals surface area contributed by atoms with Gasteiger partial charge in [0.15, 0.2) is 5.58 Å². The van der Waals surface area contributed by atoms with Gasteiger partial charge >= 0.3 is 0 Å². The van der Waals surface area contributed by atoms with Crippen molar-refractivity contribution in [3.05, 3.63) is 200 Å². The van der Waals surface area contributed by atoms with Crippen LogP contribution < -0.4 is 4.90 Å². The van der Waals surface area contributed by atoms with Gasteiger partial charge in [-0.2, -0.15) is 0 Å². The summed E-state index contributed by atoms with van der Waals surface area (Å²) in [5.74, 6) is 0. The smallest absolute Gasteiger partial charge is 0.160 e. The van der Waals surface area contributed by atoms with Gasteiger partial charge in [-0.1, -0.05) is 158 Å². The van der Waals surface area contributed by atoms with Crippen LogP contribution in [0, 0.1) is 0 Å². The van der Waals surface area contributed by atoms with Gasteiger partial charge in [-0.15, -0.1) is 11.3 Å². The van der Waals surface area contributed by atoms with Crippen molar-refractivity contribution in [1.82, 2.24) is 0 Å². The molecular weight excluding hydrogens is 687 g/mol. The Morgan fingerprint density at radius 1 is 0.345 bits per heavy atom. The van der Waals surface area contributed by atoms with E-state index in [0.717, 1.165) is 50.1 Å². The number of para-hydroxylation sites is 1. The largest absolute Gasteiger partial charge is 0.454 e. The lowest BCUT2D eigenvalue weighted by molar-refractivity contribution is 0.669. The third-order valence-electron chi connectivity index (χ3n) is 10.9. The van der Waals surface area contributed by atoms with Crippen molar-refractivity contribution in [2.24, 2.45) is 0 Å². The van der Waals surface area contributed by atoms with Crippen LogP contribution in [0.1, 0.15) is 0 Å². The molecule has 0 N–H and O–H groups in total. The van der Waals surface area contributed by atoms with E-state index >= 15 is 0 Å². The normalized spacial score (nSPS) is 11.6. The van der Waals surface area contributed by atoms with Crippen LogP contribution in [0.5, 0.6) is 0 Å². The third kappa shape index (κ3) is 5.16. The Bertz CT molecular complexity index is 3190. The van der Waals surface area contributed by atoms with Crippen molar-refractivity contribution in [2.45, 2.75) is 0 Å². The monoisotopic (exact) mass is 719 g/mol. The topological polar surface area (TPSA) is 16.4 Å². The number of rotatable bonds is 6. The molecule has 0 unspecified atom stereocenters. The maximum absolute atomic E-state index is 6.91. The Morgan fingerprint density at radius 3 is 1.69 bits per heavy atom. The van der Waals surface area contributed by atoms with Crippen LogP contribution >= 0.6 is 11.3 Å². The van der Waals surface area contributed by atoms with Crippen LogP contribution in [-0.2, 0) is 0 Å². The molecule has 11 aromatic rings. The van der Waals surface area contributed by atoms with E-state index < -0.39 is 0 Å². The lowest BCUT2D eigenvalue weighted by Crippen LogP contribution is -2.11. The van der Waals surface area contributed by atoms with Crippen molar-refractivity contribution in [1.29, 1.82) is 0 Å². The first-order chi connectivity index (χ1) is 27.3. The first kappa shape index (κ1) is 31.6. The molecule has 11 rings (SSSR count). The Balaban J connectivity index is 1.16. The number of benzene rings is 9. The fourth-order valence-electron chi connectivity index (χ4n) is 8.41. The number of furan rings is 1. The Morgan fingerprint density at radius 2 is 0.909 bits per heavy atom. The molecule has 258 valence electrons. The third-order valence-corrected chi connectivity index (χ3v) is 12.0. The first-order valence-corrected chi connectivity index (χ1v) is 19.5. The predicted molar refractivity (Wildman–Crippen MR) is 235 cm³/mol. The highest BCUT2D eigenvalue weighted by molar-refractivity contribution is 7.25. The minimum atomic E-state index is 0.859. The van der Waals surface area contributed by atoms with E-state index in [-0.39, 0.29) is 0 Å². The van der Waals surface area contributed by atoms with Gasteiger partial charge in [0.05, 0.1) is 11.4 Å². The second-order valence-electron chi connectivity index (χ2n) is 14.0. The van der Waals surface area contributed by atoms with Crippen LogP contribution in [0.2, 0.25) is 0 Å². The molecule has 0 saturated heterocycles. The summed E-state index contributed by atoms with van der Waals surface area (Å²) in [6, 6.07) is 72.0. The molecule has 0 aliphatic carbocycles. The molecular formula is C52H33NOS. The van der Waals surface area contributed by atoms with E-state index in [4.69, 9.17) is 4.42 Å². The average Bonchev–Trinajstić information content (AvgIpc) is 3.84. The molecule has 0 bridgehead atoms. The number of hydrogen-bond donors (Lipinski definition) is 0. The molecule has 2 heterocycles. The van der Waals surface area contributed by atoms with E-state index in [1.165, 1.54) is 53.2 Å². The fourth-order valence-corrected chi connectivity index (χ4v) is 9.54. The zero-order chi connectivity index (χ0) is 36.3. The van der Waals surface area contributed by atoms with E-state index in [2.05, 4.69) is 205 Å². The standard InChI is InChI=1S/C52H33NOS/c1-3-14-34(15-4-1)38-30-32-45(42-19-8-7-18-41(38)42)53(37-28-26-36(27-29-37)39-22-13-25-49-50(39)44-21-10-12-24-48(44)55-49)46-33-31-40(35-16-5-2-6-17-35)51-43-20-9-11-23-47(43)54-52(46)51/h1-33H. The summed E-state index contributed by atoms with van der Waals surface area (Å²) in [4.78, 5) is 2.39. The zero-order valence-corrected chi connectivity index (χ0v) is 30.6.